The van der Waals surface area contributed by atoms with Crippen molar-refractivity contribution in [3.05, 3.63) is 5.69 Å². The van der Waals surface area contributed by atoms with Crippen LogP contribution in [0.4, 0.5) is 5.82 Å². The molecule has 0 atom stereocenters. The highest BCUT2D eigenvalue weighted by Crippen LogP contribution is 2.26. The number of hydrogen-bond acceptors (Lipinski definition) is 4. The molecular weight excluding hydrogens is 216 g/mol. The molecule has 0 saturated carbocycles. The third-order valence-corrected chi connectivity index (χ3v) is 2.95. The Labute approximate surface area is 103 Å². The Hall–Kier alpha value is -1.10. The lowest BCUT2D eigenvalue weighted by atomic mass is 9.91. The number of nitrogen functional groups attached to an aromatic ring is 1. The fourth-order valence-electron chi connectivity index (χ4n) is 1.73. The van der Waals surface area contributed by atoms with Gasteiger partial charge in [-0.1, -0.05) is 26.0 Å². The fourth-order valence-corrected chi connectivity index (χ4v) is 1.73. The van der Waals surface area contributed by atoms with Crippen LogP contribution in [-0.4, -0.2) is 27.7 Å². The smallest absolute Gasteiger partial charge is 0.169 e. The molecule has 0 fully saturated rings. The Morgan fingerprint density at radius 1 is 1.24 bits per heavy atom. The molecule has 5 heteroatoms. The summed E-state index contributed by atoms with van der Waals surface area (Å²) in [5.41, 5.74) is 6.66. The van der Waals surface area contributed by atoms with E-state index in [1.54, 1.807) is 7.11 Å². The maximum atomic E-state index is 5.87. The molecule has 1 heterocycles. The quantitative estimate of drug-likeness (QED) is 0.873. The van der Waals surface area contributed by atoms with Crippen LogP contribution in [0.1, 0.15) is 46.7 Å². The van der Waals surface area contributed by atoms with Crippen molar-refractivity contribution in [2.75, 3.05) is 12.8 Å². The van der Waals surface area contributed by atoms with E-state index in [9.17, 15) is 0 Å². The minimum atomic E-state index is -0.157. The molecule has 5 nitrogen and oxygen atoms in total. The number of nitrogens with zero attached hydrogens (tertiary/aromatic N) is 3. The van der Waals surface area contributed by atoms with E-state index in [1.807, 2.05) is 4.68 Å². The monoisotopic (exact) mass is 240 g/mol. The first-order chi connectivity index (χ1) is 7.67. The van der Waals surface area contributed by atoms with Gasteiger partial charge in [0.05, 0.1) is 11.3 Å². The molecule has 98 valence electrons. The zero-order chi connectivity index (χ0) is 13.3. The topological polar surface area (TPSA) is 66.0 Å². The summed E-state index contributed by atoms with van der Waals surface area (Å²) in [7, 11) is 1.72. The van der Waals surface area contributed by atoms with Crippen molar-refractivity contribution in [2.24, 2.45) is 0 Å². The van der Waals surface area contributed by atoms with Crippen LogP contribution in [0.5, 0.6) is 0 Å². The zero-order valence-corrected chi connectivity index (χ0v) is 11.7. The molecule has 0 aromatic carbocycles. The average Bonchev–Trinajstić information content (AvgIpc) is 2.56. The van der Waals surface area contributed by atoms with Crippen molar-refractivity contribution in [3.63, 3.8) is 0 Å². The number of nitrogens with two attached hydrogens (primary N) is 1. The molecule has 0 bridgehead atoms. The lowest BCUT2D eigenvalue weighted by Gasteiger charge is -2.25. The third-order valence-electron chi connectivity index (χ3n) is 2.95. The van der Waals surface area contributed by atoms with Gasteiger partial charge in [-0.05, 0) is 20.3 Å². The van der Waals surface area contributed by atoms with Crippen LogP contribution in [-0.2, 0) is 16.7 Å². The van der Waals surface area contributed by atoms with Crippen LogP contribution in [0.25, 0.3) is 0 Å². The molecule has 0 spiro atoms. The SMILES string of the molecule is COC(C)(C)CCn1nnc(N)c1C(C)(C)C. The van der Waals surface area contributed by atoms with E-state index < -0.39 is 0 Å². The van der Waals surface area contributed by atoms with Gasteiger partial charge < -0.3 is 10.5 Å². The van der Waals surface area contributed by atoms with Gasteiger partial charge in [0, 0.05) is 19.1 Å². The van der Waals surface area contributed by atoms with Crippen molar-refractivity contribution in [1.82, 2.24) is 15.0 Å². The molecule has 0 saturated heterocycles. The van der Waals surface area contributed by atoms with E-state index in [4.69, 9.17) is 10.5 Å². The molecule has 0 aliphatic rings. The fraction of sp³-hybridized carbons (Fsp3) is 0.833. The molecule has 0 aliphatic heterocycles. The largest absolute Gasteiger partial charge is 0.381 e. The van der Waals surface area contributed by atoms with E-state index in [0.29, 0.717) is 5.82 Å². The lowest BCUT2D eigenvalue weighted by Crippen LogP contribution is -2.27. The Morgan fingerprint density at radius 2 is 1.82 bits per heavy atom. The van der Waals surface area contributed by atoms with Crippen molar-refractivity contribution >= 4 is 5.82 Å². The number of anilines is 1. The number of rotatable bonds is 4. The minimum Gasteiger partial charge on any atom is -0.381 e. The summed E-state index contributed by atoms with van der Waals surface area (Å²) in [5.74, 6) is 0.521. The molecule has 0 amide bonds. The summed E-state index contributed by atoms with van der Waals surface area (Å²) in [6.45, 7) is 11.2. The average molecular weight is 240 g/mol. The molecule has 0 unspecified atom stereocenters. The molecular formula is C12H24N4O. The van der Waals surface area contributed by atoms with E-state index in [0.717, 1.165) is 18.7 Å². The molecule has 0 aliphatic carbocycles. The van der Waals surface area contributed by atoms with Crippen molar-refractivity contribution < 1.29 is 4.74 Å². The second-order valence-electron chi connectivity index (χ2n) is 6.01. The van der Waals surface area contributed by atoms with Crippen LogP contribution < -0.4 is 5.73 Å². The van der Waals surface area contributed by atoms with Gasteiger partial charge in [0.1, 0.15) is 0 Å². The van der Waals surface area contributed by atoms with E-state index in [1.165, 1.54) is 0 Å². The summed E-state index contributed by atoms with van der Waals surface area (Å²) < 4.78 is 7.28. The molecule has 2 N–H and O–H groups in total. The van der Waals surface area contributed by atoms with E-state index in [-0.39, 0.29) is 11.0 Å². The predicted molar refractivity (Wildman–Crippen MR) is 68.8 cm³/mol. The molecule has 17 heavy (non-hydrogen) atoms. The van der Waals surface area contributed by atoms with Gasteiger partial charge in [-0.3, -0.25) is 0 Å². The standard InChI is InChI=1S/C12H24N4O/c1-11(2,3)9-10(13)14-15-16(9)8-7-12(4,5)17-6/h7-8,13H2,1-6H3. The highest BCUT2D eigenvalue weighted by atomic mass is 16.5. The van der Waals surface area contributed by atoms with Crippen LogP contribution in [0.3, 0.4) is 0 Å². The van der Waals surface area contributed by atoms with Crippen LogP contribution in [0, 0.1) is 0 Å². The van der Waals surface area contributed by atoms with Gasteiger partial charge >= 0.3 is 0 Å². The van der Waals surface area contributed by atoms with Crippen molar-refractivity contribution in [1.29, 1.82) is 0 Å². The Bertz CT molecular complexity index is 376. The third kappa shape index (κ3) is 3.43. The molecule has 1 aromatic rings. The number of ether oxygens (including phenoxy) is 1. The van der Waals surface area contributed by atoms with Crippen LogP contribution in [0.15, 0.2) is 0 Å². The summed E-state index contributed by atoms with van der Waals surface area (Å²) in [4.78, 5) is 0. The second-order valence-corrected chi connectivity index (χ2v) is 6.01. The summed E-state index contributed by atoms with van der Waals surface area (Å²) in [5, 5.41) is 8.07. The predicted octanol–water partition coefficient (Wildman–Crippen LogP) is 1.97. The summed E-state index contributed by atoms with van der Waals surface area (Å²) in [6.07, 6.45) is 0.870. The van der Waals surface area contributed by atoms with E-state index >= 15 is 0 Å². The lowest BCUT2D eigenvalue weighted by molar-refractivity contribution is 0.0109. The minimum absolute atomic E-state index is 0.0508. The van der Waals surface area contributed by atoms with Gasteiger partial charge in [0.15, 0.2) is 5.82 Å². The second kappa shape index (κ2) is 4.64. The molecule has 1 rings (SSSR count). The van der Waals surface area contributed by atoms with Crippen LogP contribution >= 0.6 is 0 Å². The number of aryl methyl sites for hydroxylation is 1. The van der Waals surface area contributed by atoms with Crippen molar-refractivity contribution in [2.45, 2.75) is 58.6 Å². The summed E-state index contributed by atoms with van der Waals surface area (Å²) >= 11 is 0. The molecule has 1 aromatic heterocycles. The highest BCUT2D eigenvalue weighted by molar-refractivity contribution is 5.37. The van der Waals surface area contributed by atoms with E-state index in [2.05, 4.69) is 44.9 Å². The Morgan fingerprint density at radius 3 is 2.29 bits per heavy atom. The first-order valence-electron chi connectivity index (χ1n) is 5.92. The van der Waals surface area contributed by atoms with Gasteiger partial charge in [-0.15, -0.1) is 5.10 Å². The first-order valence-corrected chi connectivity index (χ1v) is 5.92. The van der Waals surface area contributed by atoms with Gasteiger partial charge in [-0.2, -0.15) is 0 Å². The Kier molecular flexibility index (Phi) is 3.81. The first kappa shape index (κ1) is 14.0. The number of aromatic nitrogens is 3. The number of hydrogen-bond donors (Lipinski definition) is 1. The van der Waals surface area contributed by atoms with Crippen molar-refractivity contribution in [3.8, 4) is 0 Å². The maximum absolute atomic E-state index is 5.87. The highest BCUT2D eigenvalue weighted by Gasteiger charge is 2.25. The number of methoxy groups -OCH3 is 1. The maximum Gasteiger partial charge on any atom is 0.169 e. The van der Waals surface area contributed by atoms with Crippen LogP contribution in [0.2, 0.25) is 0 Å². The van der Waals surface area contributed by atoms with Gasteiger partial charge in [0.2, 0.25) is 0 Å². The zero-order valence-electron chi connectivity index (χ0n) is 11.7. The normalized spacial score (nSPS) is 13.1. The van der Waals surface area contributed by atoms with Gasteiger partial charge in [-0.25, -0.2) is 4.68 Å². The van der Waals surface area contributed by atoms with Gasteiger partial charge in [0.25, 0.3) is 0 Å². The summed E-state index contributed by atoms with van der Waals surface area (Å²) in [6, 6.07) is 0. The Balaban J connectivity index is 2.87. The molecule has 0 radical (unpaired) electrons.